The van der Waals surface area contributed by atoms with Gasteiger partial charge in [-0.2, -0.15) is 0 Å². The predicted octanol–water partition coefficient (Wildman–Crippen LogP) is 3.00. The molecule has 1 aliphatic heterocycles. The van der Waals surface area contributed by atoms with Crippen LogP contribution in [-0.4, -0.2) is 45.0 Å². The van der Waals surface area contributed by atoms with Gasteiger partial charge in [-0.05, 0) is 43.7 Å². The van der Waals surface area contributed by atoms with Crippen LogP contribution in [0.5, 0.6) is 5.75 Å². The van der Waals surface area contributed by atoms with Crippen molar-refractivity contribution in [2.24, 2.45) is 7.05 Å². The number of likely N-dealkylation sites (tertiary alicyclic amines) is 1. The Morgan fingerprint density at radius 2 is 2.08 bits per heavy atom. The van der Waals surface area contributed by atoms with Gasteiger partial charge in [0.05, 0.1) is 23.8 Å². The van der Waals surface area contributed by atoms with Crippen LogP contribution in [0.3, 0.4) is 0 Å². The van der Waals surface area contributed by atoms with Gasteiger partial charge < -0.3 is 14.2 Å². The molecule has 0 radical (unpaired) electrons. The van der Waals surface area contributed by atoms with Crippen molar-refractivity contribution < 1.29 is 9.53 Å². The zero-order chi connectivity index (χ0) is 18.1. The summed E-state index contributed by atoms with van der Waals surface area (Å²) in [7, 11) is 2.02. The summed E-state index contributed by atoms with van der Waals surface area (Å²) >= 11 is 0. The molecule has 1 aliphatic rings. The van der Waals surface area contributed by atoms with Gasteiger partial charge in [-0.15, -0.1) is 0 Å². The average molecular weight is 350 g/mol. The summed E-state index contributed by atoms with van der Waals surface area (Å²) in [5.41, 5.74) is 2.68. The van der Waals surface area contributed by atoms with E-state index in [0.29, 0.717) is 18.7 Å². The maximum atomic E-state index is 12.8. The smallest absolute Gasteiger partial charge is 0.253 e. The molecule has 6 heteroatoms. The third-order valence-electron chi connectivity index (χ3n) is 4.97. The number of amides is 1. The van der Waals surface area contributed by atoms with Gasteiger partial charge in [-0.25, -0.2) is 4.98 Å². The highest BCUT2D eigenvalue weighted by atomic mass is 16.5. The zero-order valence-electron chi connectivity index (χ0n) is 15.1. The van der Waals surface area contributed by atoms with Gasteiger partial charge in [-0.1, -0.05) is 0 Å². The summed E-state index contributed by atoms with van der Waals surface area (Å²) in [4.78, 5) is 23.7. The number of nitrogens with zero attached hydrogens (tertiary/aromatic N) is 4. The summed E-state index contributed by atoms with van der Waals surface area (Å²) < 4.78 is 7.54. The van der Waals surface area contributed by atoms with Crippen molar-refractivity contribution in [3.05, 3.63) is 54.1 Å². The molecule has 0 N–H and O–H groups in total. The van der Waals surface area contributed by atoms with Crippen LogP contribution in [0, 0.1) is 0 Å². The van der Waals surface area contributed by atoms with Gasteiger partial charge in [0.2, 0.25) is 0 Å². The third-order valence-corrected chi connectivity index (χ3v) is 4.97. The number of carbonyl (C=O) groups excluding carboxylic acids is 1. The molecule has 3 aromatic rings. The monoisotopic (exact) mass is 350 g/mol. The van der Waals surface area contributed by atoms with Crippen LogP contribution in [0.1, 0.15) is 35.4 Å². The first-order valence-electron chi connectivity index (χ1n) is 8.96. The van der Waals surface area contributed by atoms with E-state index in [1.165, 1.54) is 0 Å². The molecule has 1 amide bonds. The zero-order valence-corrected chi connectivity index (χ0v) is 15.1. The molecule has 1 fully saturated rings. The highest BCUT2D eigenvalue weighted by Crippen LogP contribution is 2.29. The number of rotatable bonds is 4. The molecule has 1 atom stereocenters. The van der Waals surface area contributed by atoms with Crippen molar-refractivity contribution in [1.29, 1.82) is 0 Å². The van der Waals surface area contributed by atoms with Crippen LogP contribution in [0.4, 0.5) is 0 Å². The number of carbonyl (C=O) groups is 1. The molecule has 26 heavy (non-hydrogen) atoms. The fourth-order valence-electron chi connectivity index (χ4n) is 3.62. The SMILES string of the molecule is CCOc1ccc(C(=O)N2CC[C@@H](c3nc4ccncc4n3C)C2)cc1. The molecule has 6 nitrogen and oxygen atoms in total. The Morgan fingerprint density at radius 1 is 1.27 bits per heavy atom. The molecule has 2 aromatic heterocycles. The number of fused-ring (bicyclic) bond motifs is 1. The molecule has 0 saturated carbocycles. The van der Waals surface area contributed by atoms with E-state index in [1.807, 2.05) is 55.4 Å². The first-order valence-corrected chi connectivity index (χ1v) is 8.96. The number of hydrogen-bond donors (Lipinski definition) is 0. The molecule has 4 rings (SSSR count). The van der Waals surface area contributed by atoms with E-state index in [0.717, 1.165) is 35.6 Å². The van der Waals surface area contributed by atoms with Crippen molar-refractivity contribution in [3.8, 4) is 5.75 Å². The van der Waals surface area contributed by atoms with E-state index in [2.05, 4.69) is 9.55 Å². The molecule has 3 heterocycles. The number of hydrogen-bond acceptors (Lipinski definition) is 4. The summed E-state index contributed by atoms with van der Waals surface area (Å²) in [5.74, 6) is 2.13. The molecule has 0 spiro atoms. The number of ether oxygens (including phenoxy) is 1. The Hall–Kier alpha value is -2.89. The molecule has 134 valence electrons. The molecule has 0 unspecified atom stereocenters. The third kappa shape index (κ3) is 2.92. The minimum atomic E-state index is 0.0657. The van der Waals surface area contributed by atoms with Gasteiger partial charge in [0.15, 0.2) is 0 Å². The number of imidazole rings is 1. The van der Waals surface area contributed by atoms with Gasteiger partial charge >= 0.3 is 0 Å². The molecular weight excluding hydrogens is 328 g/mol. The fraction of sp³-hybridized carbons (Fsp3) is 0.350. The number of pyridine rings is 1. The lowest BCUT2D eigenvalue weighted by Crippen LogP contribution is -2.28. The van der Waals surface area contributed by atoms with Crippen LogP contribution in [-0.2, 0) is 7.05 Å². The van der Waals surface area contributed by atoms with E-state index in [4.69, 9.17) is 9.72 Å². The highest BCUT2D eigenvalue weighted by molar-refractivity contribution is 5.94. The summed E-state index contributed by atoms with van der Waals surface area (Å²) in [6.07, 6.45) is 4.52. The number of benzene rings is 1. The van der Waals surface area contributed by atoms with E-state index in [1.54, 1.807) is 6.20 Å². The first-order chi connectivity index (χ1) is 12.7. The van der Waals surface area contributed by atoms with Crippen molar-refractivity contribution in [2.75, 3.05) is 19.7 Å². The molecule has 0 aliphatic carbocycles. The molecule has 1 saturated heterocycles. The first kappa shape index (κ1) is 16.6. The standard InChI is InChI=1S/C20H22N4O2/c1-3-26-16-6-4-14(5-7-16)20(25)24-11-9-15(13-24)19-22-17-8-10-21-12-18(17)23(19)2/h4-8,10,12,15H,3,9,11,13H2,1-2H3/t15-/m1/s1. The summed E-state index contributed by atoms with van der Waals surface area (Å²) in [6, 6.07) is 9.30. The minimum Gasteiger partial charge on any atom is -0.494 e. The van der Waals surface area contributed by atoms with Crippen molar-refractivity contribution in [1.82, 2.24) is 19.4 Å². The quantitative estimate of drug-likeness (QED) is 0.726. The van der Waals surface area contributed by atoms with Gasteiger partial charge in [0, 0.05) is 37.8 Å². The van der Waals surface area contributed by atoms with E-state index in [-0.39, 0.29) is 11.8 Å². The molecule has 1 aromatic carbocycles. The second kappa shape index (κ2) is 6.78. The Labute approximate surface area is 152 Å². The normalized spacial score (nSPS) is 17.0. The Kier molecular flexibility index (Phi) is 4.32. The van der Waals surface area contributed by atoms with E-state index < -0.39 is 0 Å². The minimum absolute atomic E-state index is 0.0657. The topological polar surface area (TPSA) is 60.2 Å². The number of aromatic nitrogens is 3. The van der Waals surface area contributed by atoms with Crippen LogP contribution in [0.25, 0.3) is 11.0 Å². The molecule has 0 bridgehead atoms. The van der Waals surface area contributed by atoms with E-state index >= 15 is 0 Å². The Balaban J connectivity index is 1.50. The van der Waals surface area contributed by atoms with Crippen LogP contribution in [0.15, 0.2) is 42.7 Å². The summed E-state index contributed by atoms with van der Waals surface area (Å²) in [6.45, 7) is 4.00. The lowest BCUT2D eigenvalue weighted by molar-refractivity contribution is 0.0790. The predicted molar refractivity (Wildman–Crippen MR) is 99.4 cm³/mol. The second-order valence-corrected chi connectivity index (χ2v) is 6.59. The van der Waals surface area contributed by atoms with Crippen molar-refractivity contribution in [2.45, 2.75) is 19.3 Å². The van der Waals surface area contributed by atoms with Gasteiger partial charge in [0.1, 0.15) is 11.6 Å². The summed E-state index contributed by atoms with van der Waals surface area (Å²) in [5, 5.41) is 0. The van der Waals surface area contributed by atoms with Crippen molar-refractivity contribution in [3.63, 3.8) is 0 Å². The highest BCUT2D eigenvalue weighted by Gasteiger charge is 2.30. The fourth-order valence-corrected chi connectivity index (χ4v) is 3.62. The Bertz CT molecular complexity index is 933. The maximum absolute atomic E-state index is 12.8. The lowest BCUT2D eigenvalue weighted by Gasteiger charge is -2.17. The van der Waals surface area contributed by atoms with Crippen molar-refractivity contribution >= 4 is 16.9 Å². The van der Waals surface area contributed by atoms with Gasteiger partial charge in [0.25, 0.3) is 5.91 Å². The molecular formula is C20H22N4O2. The van der Waals surface area contributed by atoms with Crippen LogP contribution in [0.2, 0.25) is 0 Å². The van der Waals surface area contributed by atoms with Crippen LogP contribution < -0.4 is 4.74 Å². The lowest BCUT2D eigenvalue weighted by atomic mass is 10.1. The number of aryl methyl sites for hydroxylation is 1. The van der Waals surface area contributed by atoms with Gasteiger partial charge in [-0.3, -0.25) is 9.78 Å². The van der Waals surface area contributed by atoms with E-state index in [9.17, 15) is 4.79 Å². The maximum Gasteiger partial charge on any atom is 0.253 e. The Morgan fingerprint density at radius 3 is 2.81 bits per heavy atom. The largest absolute Gasteiger partial charge is 0.494 e. The second-order valence-electron chi connectivity index (χ2n) is 6.59. The average Bonchev–Trinajstić information content (AvgIpc) is 3.27. The van der Waals surface area contributed by atoms with Crippen LogP contribution >= 0.6 is 0 Å².